The average Bonchev–Trinajstić information content (AvgIpc) is 2.66. The van der Waals surface area contributed by atoms with Crippen LogP contribution in [0.3, 0.4) is 0 Å². The second kappa shape index (κ2) is 11.2. The van der Waals surface area contributed by atoms with Crippen LogP contribution in [0.25, 0.3) is 0 Å². The van der Waals surface area contributed by atoms with Gasteiger partial charge in [-0.2, -0.15) is 0 Å². The molecule has 0 bridgehead atoms. The average molecular weight is 490 g/mol. The molecule has 2 fully saturated rings. The van der Waals surface area contributed by atoms with E-state index < -0.39 is 0 Å². The van der Waals surface area contributed by atoms with Crippen molar-refractivity contribution < 1.29 is 9.13 Å². The first-order valence-corrected chi connectivity index (χ1v) is 9.70. The molecule has 3 rings (SSSR count). The largest absolute Gasteiger partial charge is 0.379 e. The number of likely N-dealkylation sites (tertiary alicyclic amines) is 1. The molecule has 1 aromatic carbocycles. The summed E-state index contributed by atoms with van der Waals surface area (Å²) < 4.78 is 19.3. The Bertz CT molecular complexity index is 609. The molecule has 2 unspecified atom stereocenters. The molecule has 7 heteroatoms. The fourth-order valence-electron chi connectivity index (χ4n) is 3.96. The number of benzene rings is 1. The van der Waals surface area contributed by atoms with Crippen LogP contribution in [0.4, 0.5) is 4.39 Å². The van der Waals surface area contributed by atoms with Gasteiger partial charge in [-0.15, -0.1) is 24.0 Å². The Hall–Kier alpha value is -0.930. The van der Waals surface area contributed by atoms with Crippen LogP contribution < -0.4 is 5.32 Å². The summed E-state index contributed by atoms with van der Waals surface area (Å²) in [6, 6.07) is 7.05. The van der Waals surface area contributed by atoms with Gasteiger partial charge in [-0.1, -0.05) is 19.1 Å². The maximum atomic E-state index is 13.8. The van der Waals surface area contributed by atoms with Crippen LogP contribution in [0.5, 0.6) is 0 Å². The summed E-state index contributed by atoms with van der Waals surface area (Å²) in [5.74, 6) is 1.46. The molecule has 2 aliphatic rings. The van der Waals surface area contributed by atoms with Crippen LogP contribution >= 0.6 is 24.0 Å². The molecular weight excluding hydrogens is 458 g/mol. The monoisotopic (exact) mass is 490 g/mol. The van der Waals surface area contributed by atoms with Crippen LogP contribution in [0.1, 0.15) is 31.4 Å². The van der Waals surface area contributed by atoms with E-state index in [1.807, 2.05) is 13.1 Å². The number of piperidine rings is 1. The molecule has 0 saturated carbocycles. The first kappa shape index (κ1) is 22.4. The zero-order valence-electron chi connectivity index (χ0n) is 16.4. The smallest absolute Gasteiger partial charge is 0.193 e. The van der Waals surface area contributed by atoms with Crippen molar-refractivity contribution in [3.63, 3.8) is 0 Å². The van der Waals surface area contributed by atoms with E-state index in [2.05, 4.69) is 27.0 Å². The van der Waals surface area contributed by atoms with Gasteiger partial charge in [0.15, 0.2) is 5.96 Å². The summed E-state index contributed by atoms with van der Waals surface area (Å²) in [4.78, 5) is 9.20. The Morgan fingerprint density at radius 2 is 2.11 bits per heavy atom. The van der Waals surface area contributed by atoms with E-state index in [0.29, 0.717) is 12.5 Å². The number of aliphatic imine (C=N–C) groups is 1. The Balaban J connectivity index is 0.00000261. The van der Waals surface area contributed by atoms with Crippen LogP contribution in [0.15, 0.2) is 29.3 Å². The van der Waals surface area contributed by atoms with Crippen LogP contribution in [0.2, 0.25) is 0 Å². The summed E-state index contributed by atoms with van der Waals surface area (Å²) in [7, 11) is 1.84. The van der Waals surface area contributed by atoms with Crippen molar-refractivity contribution in [1.29, 1.82) is 0 Å². The third kappa shape index (κ3) is 6.29. The molecule has 0 aliphatic carbocycles. The van der Waals surface area contributed by atoms with Crippen molar-refractivity contribution >= 4 is 29.9 Å². The van der Waals surface area contributed by atoms with E-state index in [1.54, 1.807) is 12.1 Å². The topological polar surface area (TPSA) is 40.1 Å². The van der Waals surface area contributed by atoms with Crippen molar-refractivity contribution in [2.45, 2.75) is 25.8 Å². The molecule has 2 saturated heterocycles. The lowest BCUT2D eigenvalue weighted by molar-refractivity contribution is 0.0168. The first-order valence-electron chi connectivity index (χ1n) is 9.70. The quantitative estimate of drug-likeness (QED) is 0.400. The molecule has 0 spiro atoms. The van der Waals surface area contributed by atoms with Gasteiger partial charge in [-0.3, -0.25) is 9.89 Å². The minimum Gasteiger partial charge on any atom is -0.379 e. The normalized spacial score (nSPS) is 22.9. The van der Waals surface area contributed by atoms with Crippen LogP contribution in [-0.2, 0) is 4.74 Å². The lowest BCUT2D eigenvalue weighted by Gasteiger charge is -2.37. The molecule has 5 nitrogen and oxygen atoms in total. The van der Waals surface area contributed by atoms with Gasteiger partial charge in [0.05, 0.1) is 19.3 Å². The van der Waals surface area contributed by atoms with Crippen LogP contribution in [-0.4, -0.2) is 68.7 Å². The summed E-state index contributed by atoms with van der Waals surface area (Å²) >= 11 is 0. The van der Waals surface area contributed by atoms with Crippen molar-refractivity contribution in [3.05, 3.63) is 35.6 Å². The molecule has 1 aromatic rings. The Morgan fingerprint density at radius 3 is 2.78 bits per heavy atom. The maximum Gasteiger partial charge on any atom is 0.193 e. The molecule has 0 aromatic heterocycles. The number of halogens is 2. The van der Waals surface area contributed by atoms with Crippen molar-refractivity contribution in [3.8, 4) is 0 Å². The zero-order valence-corrected chi connectivity index (χ0v) is 18.7. The highest BCUT2D eigenvalue weighted by Gasteiger charge is 2.25. The molecule has 2 atom stereocenters. The number of nitrogens with zero attached hydrogens (tertiary/aromatic N) is 3. The predicted molar refractivity (Wildman–Crippen MR) is 118 cm³/mol. The van der Waals surface area contributed by atoms with Gasteiger partial charge >= 0.3 is 0 Å². The van der Waals surface area contributed by atoms with Gasteiger partial charge in [-0.25, -0.2) is 4.39 Å². The summed E-state index contributed by atoms with van der Waals surface area (Å²) in [5, 5.41) is 3.55. The van der Waals surface area contributed by atoms with E-state index in [9.17, 15) is 4.39 Å². The third-order valence-corrected chi connectivity index (χ3v) is 5.34. The number of morpholine rings is 1. The van der Waals surface area contributed by atoms with E-state index in [0.717, 1.165) is 50.9 Å². The highest BCUT2D eigenvalue weighted by atomic mass is 127. The maximum absolute atomic E-state index is 13.8. The van der Waals surface area contributed by atoms with E-state index in [-0.39, 0.29) is 35.8 Å². The SMILES string of the molecule is CN=C(NCC(c1cccc(F)c1)N1CCOCC1)N1CCCC(C)C1.I. The molecule has 1 N–H and O–H groups in total. The van der Waals surface area contributed by atoms with Gasteiger partial charge in [-0.05, 0) is 36.5 Å². The lowest BCUT2D eigenvalue weighted by Crippen LogP contribution is -2.49. The fourth-order valence-corrected chi connectivity index (χ4v) is 3.96. The second-order valence-electron chi connectivity index (χ2n) is 7.34. The van der Waals surface area contributed by atoms with Gasteiger partial charge in [0, 0.05) is 39.8 Å². The van der Waals surface area contributed by atoms with Gasteiger partial charge in [0.1, 0.15) is 5.82 Å². The molecule has 2 heterocycles. The molecule has 0 amide bonds. The summed E-state index contributed by atoms with van der Waals surface area (Å²) in [5.41, 5.74) is 1.00. The van der Waals surface area contributed by atoms with E-state index >= 15 is 0 Å². The molecule has 152 valence electrons. The molecular formula is C20H32FIN4O. The van der Waals surface area contributed by atoms with Crippen molar-refractivity contribution in [1.82, 2.24) is 15.1 Å². The highest BCUT2D eigenvalue weighted by Crippen LogP contribution is 2.22. The number of nitrogens with one attached hydrogen (secondary N) is 1. The summed E-state index contributed by atoms with van der Waals surface area (Å²) in [6.45, 7) is 8.27. The lowest BCUT2D eigenvalue weighted by atomic mass is 10.0. The van der Waals surface area contributed by atoms with Gasteiger partial charge in [0.2, 0.25) is 0 Å². The number of rotatable bonds is 4. The van der Waals surface area contributed by atoms with Gasteiger partial charge in [0.25, 0.3) is 0 Å². The second-order valence-corrected chi connectivity index (χ2v) is 7.34. The first-order chi connectivity index (χ1) is 12.7. The Labute approximate surface area is 179 Å². The third-order valence-electron chi connectivity index (χ3n) is 5.34. The molecule has 27 heavy (non-hydrogen) atoms. The number of guanidine groups is 1. The van der Waals surface area contributed by atoms with Gasteiger partial charge < -0.3 is 15.0 Å². The van der Waals surface area contributed by atoms with Crippen molar-refractivity contribution in [2.75, 3.05) is 53.0 Å². The van der Waals surface area contributed by atoms with E-state index in [1.165, 1.54) is 18.9 Å². The number of ether oxygens (including phenoxy) is 1. The Morgan fingerprint density at radius 1 is 1.33 bits per heavy atom. The summed E-state index contributed by atoms with van der Waals surface area (Å²) in [6.07, 6.45) is 2.49. The zero-order chi connectivity index (χ0) is 18.4. The van der Waals surface area contributed by atoms with E-state index in [4.69, 9.17) is 4.74 Å². The predicted octanol–water partition coefficient (Wildman–Crippen LogP) is 3.12. The minimum absolute atomic E-state index is 0. The van der Waals surface area contributed by atoms with Crippen LogP contribution in [0, 0.1) is 11.7 Å². The molecule has 0 radical (unpaired) electrons. The van der Waals surface area contributed by atoms with Crippen molar-refractivity contribution in [2.24, 2.45) is 10.9 Å². The highest BCUT2D eigenvalue weighted by molar-refractivity contribution is 14.0. The fraction of sp³-hybridized carbons (Fsp3) is 0.650. The number of hydrogen-bond acceptors (Lipinski definition) is 3. The number of hydrogen-bond donors (Lipinski definition) is 1. The minimum atomic E-state index is -0.185. The Kier molecular flexibility index (Phi) is 9.25. The standard InChI is InChI=1S/C20H31FN4O.HI/c1-16-5-4-8-25(15-16)20(22-2)23-14-19(24-9-11-26-12-10-24)17-6-3-7-18(21)13-17;/h3,6-7,13,16,19H,4-5,8-12,14-15H2,1-2H3,(H,22,23);1H. The molecule has 2 aliphatic heterocycles.